The second kappa shape index (κ2) is 9.66. The molecule has 1 aliphatic heterocycles. The first kappa shape index (κ1) is 22.7. The van der Waals surface area contributed by atoms with Crippen LogP contribution in [0.2, 0.25) is 10.0 Å². The molecule has 8 heteroatoms. The van der Waals surface area contributed by atoms with Crippen molar-refractivity contribution in [2.45, 2.75) is 18.6 Å². The van der Waals surface area contributed by atoms with Crippen LogP contribution in [0.25, 0.3) is 5.69 Å². The van der Waals surface area contributed by atoms with E-state index in [2.05, 4.69) is 38.0 Å². The molecule has 4 aromatic rings. The number of methoxy groups -OCH3 is 1. The van der Waals surface area contributed by atoms with Gasteiger partial charge in [-0.15, -0.1) is 0 Å². The number of pyridine rings is 1. The largest absolute Gasteiger partial charge is 0.497 e. The van der Waals surface area contributed by atoms with Crippen LogP contribution in [0.5, 0.6) is 5.75 Å². The summed E-state index contributed by atoms with van der Waals surface area (Å²) in [5.74, 6) is 0.819. The van der Waals surface area contributed by atoms with Crippen LogP contribution in [-0.4, -0.2) is 26.7 Å². The number of nitrogens with zero attached hydrogens (tertiary/aromatic N) is 3. The average Bonchev–Trinajstić information content (AvgIpc) is 3.44. The topological polar surface area (TPSA) is 42.3 Å². The van der Waals surface area contributed by atoms with Crippen LogP contribution in [-0.2, 0) is 6.54 Å². The SMILES string of the molecule is COc1ccc(CN2C(=S)N[C@H](c3ccccn3)[C@H]2c2cccn2-c2ccc(Cl)cc2Cl)cc1. The second-order valence-electron chi connectivity index (χ2n) is 8.00. The number of nitrogens with one attached hydrogen (secondary N) is 1. The van der Waals surface area contributed by atoms with Crippen molar-refractivity contribution in [3.63, 3.8) is 0 Å². The van der Waals surface area contributed by atoms with Gasteiger partial charge in [-0.25, -0.2) is 0 Å². The molecular weight excluding hydrogens is 487 g/mol. The molecular formula is C26H22Cl2N4OS. The first-order valence-corrected chi connectivity index (χ1v) is 12.0. The van der Waals surface area contributed by atoms with E-state index in [0.717, 1.165) is 28.4 Å². The fourth-order valence-electron chi connectivity index (χ4n) is 4.36. The molecule has 0 radical (unpaired) electrons. The normalized spacial score (nSPS) is 17.6. The maximum atomic E-state index is 6.59. The Kier molecular flexibility index (Phi) is 6.46. The van der Waals surface area contributed by atoms with Gasteiger partial charge in [-0.1, -0.05) is 41.4 Å². The van der Waals surface area contributed by atoms with E-state index in [1.807, 2.05) is 54.7 Å². The third kappa shape index (κ3) is 4.37. The van der Waals surface area contributed by atoms with Gasteiger partial charge >= 0.3 is 0 Å². The lowest BCUT2D eigenvalue weighted by atomic mass is 10.0. The highest BCUT2D eigenvalue weighted by atomic mass is 35.5. The van der Waals surface area contributed by atoms with E-state index >= 15 is 0 Å². The molecule has 2 aromatic heterocycles. The monoisotopic (exact) mass is 508 g/mol. The molecule has 1 saturated heterocycles. The Morgan fingerprint density at radius 1 is 1.03 bits per heavy atom. The lowest BCUT2D eigenvalue weighted by Crippen LogP contribution is -2.30. The Balaban J connectivity index is 1.59. The number of hydrogen-bond donors (Lipinski definition) is 1. The van der Waals surface area contributed by atoms with Crippen molar-refractivity contribution in [3.8, 4) is 11.4 Å². The Morgan fingerprint density at radius 3 is 2.56 bits per heavy atom. The molecule has 3 heterocycles. The molecule has 0 spiro atoms. The van der Waals surface area contributed by atoms with Crippen molar-refractivity contribution in [2.75, 3.05) is 7.11 Å². The van der Waals surface area contributed by atoms with Crippen LogP contribution in [0.15, 0.2) is 85.2 Å². The van der Waals surface area contributed by atoms with Crippen LogP contribution in [0.1, 0.15) is 29.0 Å². The molecule has 1 fully saturated rings. The summed E-state index contributed by atoms with van der Waals surface area (Å²) in [6, 6.07) is 23.4. The van der Waals surface area contributed by atoms with E-state index in [0.29, 0.717) is 21.7 Å². The first-order chi connectivity index (χ1) is 16.5. The molecule has 0 aliphatic carbocycles. The van der Waals surface area contributed by atoms with Gasteiger partial charge in [0.15, 0.2) is 5.11 Å². The van der Waals surface area contributed by atoms with E-state index in [1.165, 1.54) is 0 Å². The molecule has 5 rings (SSSR count). The van der Waals surface area contributed by atoms with Gasteiger partial charge in [0.25, 0.3) is 0 Å². The summed E-state index contributed by atoms with van der Waals surface area (Å²) < 4.78 is 7.41. The van der Waals surface area contributed by atoms with Gasteiger partial charge in [0.2, 0.25) is 0 Å². The molecule has 2 atom stereocenters. The van der Waals surface area contributed by atoms with Gasteiger partial charge in [0, 0.05) is 29.7 Å². The van der Waals surface area contributed by atoms with Gasteiger partial charge < -0.3 is 19.5 Å². The van der Waals surface area contributed by atoms with Crippen molar-refractivity contribution in [1.29, 1.82) is 0 Å². The standard InChI is InChI=1S/C26H22Cl2N4OS/c1-33-19-10-7-17(8-11-19)16-32-25(24(30-26(32)34)21-5-2-3-13-29-21)23-6-4-14-31(23)22-12-9-18(27)15-20(22)28/h2-15,24-25H,16H2,1H3,(H,30,34)/t24-,25-/m1/s1. The third-order valence-electron chi connectivity index (χ3n) is 5.96. The van der Waals surface area contributed by atoms with Gasteiger partial charge in [0.1, 0.15) is 5.75 Å². The zero-order valence-corrected chi connectivity index (χ0v) is 20.7. The lowest BCUT2D eigenvalue weighted by Gasteiger charge is -2.29. The van der Waals surface area contributed by atoms with Crippen LogP contribution in [0.3, 0.4) is 0 Å². The van der Waals surface area contributed by atoms with Crippen molar-refractivity contribution >= 4 is 40.5 Å². The maximum Gasteiger partial charge on any atom is 0.170 e. The van der Waals surface area contributed by atoms with E-state index in [4.69, 9.17) is 40.2 Å². The molecule has 2 aromatic carbocycles. The molecule has 5 nitrogen and oxygen atoms in total. The molecule has 34 heavy (non-hydrogen) atoms. The van der Waals surface area contributed by atoms with E-state index in [1.54, 1.807) is 19.4 Å². The van der Waals surface area contributed by atoms with Crippen molar-refractivity contribution < 1.29 is 4.74 Å². The quantitative estimate of drug-likeness (QED) is 0.307. The number of halogens is 2. The van der Waals surface area contributed by atoms with Gasteiger partial charge in [-0.3, -0.25) is 4.98 Å². The van der Waals surface area contributed by atoms with Gasteiger partial charge in [0.05, 0.1) is 35.6 Å². The fourth-order valence-corrected chi connectivity index (χ4v) is 5.16. The highest BCUT2D eigenvalue weighted by Crippen LogP contribution is 2.41. The summed E-state index contributed by atoms with van der Waals surface area (Å²) in [6.07, 6.45) is 3.81. The summed E-state index contributed by atoms with van der Waals surface area (Å²) >= 11 is 18.6. The Morgan fingerprint density at radius 2 is 1.85 bits per heavy atom. The van der Waals surface area contributed by atoms with E-state index < -0.39 is 0 Å². The smallest absolute Gasteiger partial charge is 0.170 e. The van der Waals surface area contributed by atoms with Crippen molar-refractivity contribution in [2.24, 2.45) is 0 Å². The number of hydrogen-bond acceptors (Lipinski definition) is 3. The number of benzene rings is 2. The number of rotatable bonds is 6. The summed E-state index contributed by atoms with van der Waals surface area (Å²) in [5.41, 5.74) is 3.94. The van der Waals surface area contributed by atoms with Crippen molar-refractivity contribution in [3.05, 3.63) is 112 Å². The van der Waals surface area contributed by atoms with Gasteiger partial charge in [-0.05, 0) is 72.4 Å². The zero-order chi connectivity index (χ0) is 23.7. The summed E-state index contributed by atoms with van der Waals surface area (Å²) in [7, 11) is 1.66. The maximum absolute atomic E-state index is 6.59. The van der Waals surface area contributed by atoms with Crippen LogP contribution >= 0.6 is 35.4 Å². The highest BCUT2D eigenvalue weighted by molar-refractivity contribution is 7.80. The minimum Gasteiger partial charge on any atom is -0.497 e. The Hall–Kier alpha value is -3.06. The Bertz CT molecular complexity index is 1310. The number of ether oxygens (including phenoxy) is 1. The van der Waals surface area contributed by atoms with E-state index in [9.17, 15) is 0 Å². The lowest BCUT2D eigenvalue weighted by molar-refractivity contribution is 0.302. The third-order valence-corrected chi connectivity index (χ3v) is 6.85. The molecule has 0 saturated carbocycles. The molecule has 172 valence electrons. The Labute approximate surface area is 213 Å². The number of thiocarbonyl (C=S) groups is 1. The molecule has 1 N–H and O–H groups in total. The second-order valence-corrected chi connectivity index (χ2v) is 9.23. The summed E-state index contributed by atoms with van der Waals surface area (Å²) in [5, 5.41) is 5.35. The van der Waals surface area contributed by atoms with Crippen molar-refractivity contribution in [1.82, 2.24) is 19.8 Å². The predicted octanol–water partition coefficient (Wildman–Crippen LogP) is 6.36. The van der Waals surface area contributed by atoms with Crippen LogP contribution in [0.4, 0.5) is 0 Å². The van der Waals surface area contributed by atoms with Gasteiger partial charge in [-0.2, -0.15) is 0 Å². The first-order valence-electron chi connectivity index (χ1n) is 10.8. The number of aromatic nitrogens is 2. The zero-order valence-electron chi connectivity index (χ0n) is 18.4. The summed E-state index contributed by atoms with van der Waals surface area (Å²) in [6.45, 7) is 0.628. The molecule has 0 unspecified atom stereocenters. The van der Waals surface area contributed by atoms with Crippen LogP contribution in [0, 0.1) is 0 Å². The molecule has 0 bridgehead atoms. The minimum absolute atomic E-state index is 0.119. The predicted molar refractivity (Wildman–Crippen MR) is 140 cm³/mol. The molecule has 1 aliphatic rings. The summed E-state index contributed by atoms with van der Waals surface area (Å²) in [4.78, 5) is 6.83. The molecule has 0 amide bonds. The highest BCUT2D eigenvalue weighted by Gasteiger charge is 2.41. The minimum atomic E-state index is -0.133. The van der Waals surface area contributed by atoms with E-state index in [-0.39, 0.29) is 12.1 Å². The fraction of sp³-hybridized carbons (Fsp3) is 0.154. The average molecular weight is 509 g/mol. The van der Waals surface area contributed by atoms with Crippen LogP contribution < -0.4 is 10.1 Å².